The highest BCUT2D eigenvalue weighted by Gasteiger charge is 2.36. The molecule has 4 heteroatoms. The molecular weight excluding hydrogens is 206 g/mol. The van der Waals surface area contributed by atoms with Gasteiger partial charge in [-0.2, -0.15) is 0 Å². The molecule has 16 heavy (non-hydrogen) atoms. The second-order valence-electron chi connectivity index (χ2n) is 5.57. The molecule has 0 radical (unpaired) electrons. The Hall–Kier alpha value is -0.610. The van der Waals surface area contributed by atoms with Crippen molar-refractivity contribution in [2.75, 3.05) is 6.61 Å². The molecule has 1 aliphatic heterocycles. The number of carbonyl (C=O) groups excluding carboxylic acids is 1. The first-order valence-corrected chi connectivity index (χ1v) is 5.87. The Morgan fingerprint density at radius 2 is 2.06 bits per heavy atom. The van der Waals surface area contributed by atoms with Crippen LogP contribution in [0.4, 0.5) is 0 Å². The first-order valence-electron chi connectivity index (χ1n) is 5.87. The fourth-order valence-electron chi connectivity index (χ4n) is 1.56. The van der Waals surface area contributed by atoms with Gasteiger partial charge in [0, 0.05) is 6.61 Å². The summed E-state index contributed by atoms with van der Waals surface area (Å²) in [6.07, 6.45) is 2.43. The summed E-state index contributed by atoms with van der Waals surface area (Å²) in [5, 5.41) is 12.8. The topological polar surface area (TPSA) is 58.6 Å². The molecule has 0 aliphatic carbocycles. The number of amides is 1. The van der Waals surface area contributed by atoms with E-state index in [1.54, 1.807) is 13.8 Å². The van der Waals surface area contributed by atoms with E-state index in [-0.39, 0.29) is 12.0 Å². The third-order valence-electron chi connectivity index (χ3n) is 3.42. The molecule has 1 saturated heterocycles. The van der Waals surface area contributed by atoms with Crippen molar-refractivity contribution in [1.82, 2.24) is 5.32 Å². The molecule has 1 atom stereocenters. The van der Waals surface area contributed by atoms with E-state index < -0.39 is 11.1 Å². The molecule has 1 amide bonds. The number of ether oxygens (including phenoxy) is 1. The van der Waals surface area contributed by atoms with Gasteiger partial charge in [-0.3, -0.25) is 4.79 Å². The van der Waals surface area contributed by atoms with Gasteiger partial charge in [-0.05, 0) is 40.5 Å². The van der Waals surface area contributed by atoms with Crippen molar-refractivity contribution >= 4 is 5.91 Å². The molecular formula is C12H23NO3. The smallest absolute Gasteiger partial charge is 0.223 e. The second-order valence-corrected chi connectivity index (χ2v) is 5.57. The monoisotopic (exact) mass is 229 g/mol. The van der Waals surface area contributed by atoms with Gasteiger partial charge >= 0.3 is 0 Å². The standard InChI is InChI=1S/C12H23NO3/c1-11(2,12(3,4)15)13-10(14)8-9-6-5-7-16-9/h9,15H,5-8H2,1-4H3,(H,13,14). The van der Waals surface area contributed by atoms with E-state index >= 15 is 0 Å². The van der Waals surface area contributed by atoms with E-state index in [1.165, 1.54) is 0 Å². The molecule has 1 fully saturated rings. The summed E-state index contributed by atoms with van der Waals surface area (Å²) in [5.74, 6) is -0.0565. The molecule has 0 spiro atoms. The summed E-state index contributed by atoms with van der Waals surface area (Å²) in [4.78, 5) is 11.8. The molecule has 0 bridgehead atoms. The maximum Gasteiger partial charge on any atom is 0.223 e. The SMILES string of the molecule is CC(C)(O)C(C)(C)NC(=O)CC1CCCO1. The van der Waals surface area contributed by atoms with Gasteiger partial charge in [0.2, 0.25) is 5.91 Å². The van der Waals surface area contributed by atoms with Crippen LogP contribution in [-0.4, -0.2) is 34.9 Å². The van der Waals surface area contributed by atoms with Crippen molar-refractivity contribution in [3.05, 3.63) is 0 Å². The number of carbonyl (C=O) groups is 1. The van der Waals surface area contributed by atoms with Crippen LogP contribution in [0, 0.1) is 0 Å². The number of hydrogen-bond donors (Lipinski definition) is 2. The Kier molecular flexibility index (Phi) is 3.97. The zero-order chi connectivity index (χ0) is 12.4. The van der Waals surface area contributed by atoms with Crippen LogP contribution in [0.1, 0.15) is 47.0 Å². The highest BCUT2D eigenvalue weighted by Crippen LogP contribution is 2.21. The zero-order valence-electron chi connectivity index (χ0n) is 10.7. The van der Waals surface area contributed by atoms with Gasteiger partial charge in [0.15, 0.2) is 0 Å². The zero-order valence-corrected chi connectivity index (χ0v) is 10.7. The summed E-state index contributed by atoms with van der Waals surface area (Å²) >= 11 is 0. The fraction of sp³-hybridized carbons (Fsp3) is 0.917. The number of hydrogen-bond acceptors (Lipinski definition) is 3. The number of aliphatic hydroxyl groups is 1. The summed E-state index contributed by atoms with van der Waals surface area (Å²) in [6.45, 7) is 7.78. The van der Waals surface area contributed by atoms with Crippen LogP contribution >= 0.6 is 0 Å². The number of rotatable bonds is 4. The van der Waals surface area contributed by atoms with Crippen LogP contribution in [0.2, 0.25) is 0 Å². The van der Waals surface area contributed by atoms with Gasteiger partial charge in [0.1, 0.15) is 0 Å². The van der Waals surface area contributed by atoms with Crippen molar-refractivity contribution in [2.45, 2.75) is 64.2 Å². The summed E-state index contributed by atoms with van der Waals surface area (Å²) in [6, 6.07) is 0. The largest absolute Gasteiger partial charge is 0.388 e. The molecule has 0 aromatic carbocycles. The molecule has 0 saturated carbocycles. The van der Waals surface area contributed by atoms with E-state index in [0.717, 1.165) is 19.4 Å². The minimum atomic E-state index is -0.945. The molecule has 0 aromatic heterocycles. The average Bonchev–Trinajstić information content (AvgIpc) is 2.52. The third-order valence-corrected chi connectivity index (χ3v) is 3.42. The predicted molar refractivity (Wildman–Crippen MR) is 62.1 cm³/mol. The molecule has 2 N–H and O–H groups in total. The first kappa shape index (κ1) is 13.5. The third kappa shape index (κ3) is 3.46. The minimum absolute atomic E-state index is 0.0533. The highest BCUT2D eigenvalue weighted by molar-refractivity contribution is 5.77. The minimum Gasteiger partial charge on any atom is -0.388 e. The Morgan fingerprint density at radius 3 is 2.50 bits per heavy atom. The van der Waals surface area contributed by atoms with Gasteiger partial charge in [0.05, 0.1) is 23.7 Å². The van der Waals surface area contributed by atoms with E-state index in [4.69, 9.17) is 4.74 Å². The van der Waals surface area contributed by atoms with Gasteiger partial charge in [0.25, 0.3) is 0 Å². The van der Waals surface area contributed by atoms with Crippen molar-refractivity contribution in [3.63, 3.8) is 0 Å². The Morgan fingerprint density at radius 1 is 1.44 bits per heavy atom. The number of nitrogens with one attached hydrogen (secondary N) is 1. The fourth-order valence-corrected chi connectivity index (χ4v) is 1.56. The summed E-state index contributed by atoms with van der Waals surface area (Å²) < 4.78 is 5.40. The lowest BCUT2D eigenvalue weighted by atomic mass is 9.86. The highest BCUT2D eigenvalue weighted by atomic mass is 16.5. The van der Waals surface area contributed by atoms with Crippen molar-refractivity contribution in [2.24, 2.45) is 0 Å². The molecule has 94 valence electrons. The summed E-state index contributed by atoms with van der Waals surface area (Å²) in [7, 11) is 0. The lowest BCUT2D eigenvalue weighted by molar-refractivity contribution is -0.128. The summed E-state index contributed by atoms with van der Waals surface area (Å²) in [5.41, 5.74) is -1.58. The van der Waals surface area contributed by atoms with Crippen LogP contribution in [0.3, 0.4) is 0 Å². The van der Waals surface area contributed by atoms with Crippen molar-refractivity contribution < 1.29 is 14.6 Å². The van der Waals surface area contributed by atoms with Crippen molar-refractivity contribution in [3.8, 4) is 0 Å². The van der Waals surface area contributed by atoms with Crippen LogP contribution in [-0.2, 0) is 9.53 Å². The van der Waals surface area contributed by atoms with E-state index in [9.17, 15) is 9.90 Å². The van der Waals surface area contributed by atoms with Gasteiger partial charge < -0.3 is 15.2 Å². The second kappa shape index (κ2) is 4.72. The Labute approximate surface area is 97.4 Å². The lowest BCUT2D eigenvalue weighted by Crippen LogP contribution is -2.58. The van der Waals surface area contributed by atoms with Crippen LogP contribution < -0.4 is 5.32 Å². The predicted octanol–water partition coefficient (Wildman–Crippen LogP) is 1.22. The molecule has 1 unspecified atom stereocenters. The molecule has 4 nitrogen and oxygen atoms in total. The maximum absolute atomic E-state index is 11.8. The van der Waals surface area contributed by atoms with E-state index in [2.05, 4.69) is 5.32 Å². The normalized spacial score (nSPS) is 22.2. The van der Waals surface area contributed by atoms with Gasteiger partial charge in [-0.1, -0.05) is 0 Å². The van der Waals surface area contributed by atoms with Crippen LogP contribution in [0.5, 0.6) is 0 Å². The van der Waals surface area contributed by atoms with Gasteiger partial charge in [-0.15, -0.1) is 0 Å². The Bertz CT molecular complexity index is 249. The van der Waals surface area contributed by atoms with Gasteiger partial charge in [-0.25, -0.2) is 0 Å². The van der Waals surface area contributed by atoms with Crippen LogP contribution in [0.25, 0.3) is 0 Å². The Balaban J connectivity index is 2.44. The molecule has 1 heterocycles. The van der Waals surface area contributed by atoms with E-state index in [0.29, 0.717) is 6.42 Å². The lowest BCUT2D eigenvalue weighted by Gasteiger charge is -2.38. The van der Waals surface area contributed by atoms with Crippen molar-refractivity contribution in [1.29, 1.82) is 0 Å². The quantitative estimate of drug-likeness (QED) is 0.762. The molecule has 0 aromatic rings. The maximum atomic E-state index is 11.8. The van der Waals surface area contributed by atoms with Crippen LogP contribution in [0.15, 0.2) is 0 Å². The molecule has 1 aliphatic rings. The average molecular weight is 229 g/mol. The molecule has 1 rings (SSSR count). The van der Waals surface area contributed by atoms with E-state index in [1.807, 2.05) is 13.8 Å². The first-order chi connectivity index (χ1) is 7.22.